The van der Waals surface area contributed by atoms with Crippen molar-refractivity contribution in [1.82, 2.24) is 0 Å². The number of anilines is 6. The molecule has 2 heterocycles. The van der Waals surface area contributed by atoms with Crippen LogP contribution in [0.1, 0.15) is 0 Å². The molecule has 0 atom stereocenters. The minimum absolute atomic E-state index is 0.215. The zero-order chi connectivity index (χ0) is 39.5. The summed E-state index contributed by atoms with van der Waals surface area (Å²) in [5.74, 6) is -0.555. The van der Waals surface area contributed by atoms with E-state index in [4.69, 9.17) is 0 Å². The summed E-state index contributed by atoms with van der Waals surface area (Å²) in [7, 11) is 0. The first-order chi connectivity index (χ1) is 29.2. The fourth-order valence-corrected chi connectivity index (χ4v) is 9.43. The van der Waals surface area contributed by atoms with Gasteiger partial charge in [-0.1, -0.05) is 164 Å². The van der Waals surface area contributed by atoms with Gasteiger partial charge in [0.05, 0.1) is 11.4 Å². The highest BCUT2D eigenvalue weighted by atomic mass is 19.1. The average Bonchev–Trinajstić information content (AvgIpc) is 3.29. The molecule has 0 aromatic heterocycles. The van der Waals surface area contributed by atoms with Crippen molar-refractivity contribution in [3.63, 3.8) is 0 Å². The monoisotopic (exact) mass is 760 g/mol. The lowest BCUT2D eigenvalue weighted by molar-refractivity contribution is 0.631. The van der Waals surface area contributed by atoms with Gasteiger partial charge in [-0.2, -0.15) is 0 Å². The van der Waals surface area contributed by atoms with Gasteiger partial charge in [-0.15, -0.1) is 0 Å². The molecule has 2 nitrogen and oxygen atoms in total. The summed E-state index contributed by atoms with van der Waals surface area (Å²) in [6.07, 6.45) is 0. The molecule has 0 aliphatic carbocycles. The smallest absolute Gasteiger partial charge is 0.253 e. The lowest BCUT2D eigenvalue weighted by atomic mass is 9.32. The minimum Gasteiger partial charge on any atom is -0.311 e. The van der Waals surface area contributed by atoms with Crippen molar-refractivity contribution in [2.45, 2.75) is 0 Å². The molecule has 0 unspecified atom stereocenters. The van der Waals surface area contributed by atoms with E-state index in [1.807, 2.05) is 60.7 Å². The first kappa shape index (κ1) is 34.7. The average molecular weight is 761 g/mol. The highest BCUT2D eigenvalue weighted by molar-refractivity contribution is 7.01. The van der Waals surface area contributed by atoms with Gasteiger partial charge in [-0.3, -0.25) is 0 Å². The number of halogens is 2. The van der Waals surface area contributed by atoms with Gasteiger partial charge >= 0.3 is 0 Å². The maximum absolute atomic E-state index is 15.9. The third-order valence-corrected chi connectivity index (χ3v) is 11.8. The fraction of sp³-hybridized carbons (Fsp3) is 0. The Morgan fingerprint density at radius 3 is 0.983 bits per heavy atom. The molecule has 11 rings (SSSR count). The van der Waals surface area contributed by atoms with Crippen LogP contribution >= 0.6 is 0 Å². The van der Waals surface area contributed by atoms with Crippen LogP contribution in [0.5, 0.6) is 0 Å². The second kappa shape index (κ2) is 14.2. The van der Waals surface area contributed by atoms with Gasteiger partial charge in [0.15, 0.2) is 0 Å². The molecule has 9 aromatic rings. The Morgan fingerprint density at radius 1 is 0.254 bits per heavy atom. The summed E-state index contributed by atoms with van der Waals surface area (Å²) in [5, 5.41) is 0. The number of nitrogens with zero attached hydrogens (tertiary/aromatic N) is 2. The topological polar surface area (TPSA) is 6.48 Å². The number of hydrogen-bond donors (Lipinski definition) is 0. The first-order valence-corrected chi connectivity index (χ1v) is 19.9. The highest BCUT2D eigenvalue weighted by Crippen LogP contribution is 2.49. The second-order valence-corrected chi connectivity index (χ2v) is 15.0. The van der Waals surface area contributed by atoms with Crippen LogP contribution < -0.4 is 26.2 Å². The van der Waals surface area contributed by atoms with Crippen LogP contribution in [0, 0.1) is 11.6 Å². The number of para-hydroxylation sites is 2. The van der Waals surface area contributed by atoms with Crippen molar-refractivity contribution in [2.75, 3.05) is 9.80 Å². The largest absolute Gasteiger partial charge is 0.311 e. The number of hydrogen-bond acceptors (Lipinski definition) is 2. The van der Waals surface area contributed by atoms with Gasteiger partial charge in [0.25, 0.3) is 6.71 Å². The highest BCUT2D eigenvalue weighted by Gasteiger charge is 2.46. The first-order valence-electron chi connectivity index (χ1n) is 19.9. The summed E-state index contributed by atoms with van der Waals surface area (Å²) >= 11 is 0. The fourth-order valence-electron chi connectivity index (χ4n) is 9.43. The molecule has 0 saturated heterocycles. The predicted octanol–water partition coefficient (Wildman–Crippen LogP) is 12.7. The normalized spacial score (nSPS) is 12.5. The van der Waals surface area contributed by atoms with E-state index in [0.29, 0.717) is 11.1 Å². The molecule has 0 fully saturated rings. The molecule has 0 spiro atoms. The Labute approximate surface area is 343 Å². The molecule has 5 heteroatoms. The van der Waals surface area contributed by atoms with Crippen LogP contribution in [-0.4, -0.2) is 6.71 Å². The maximum atomic E-state index is 15.9. The molecule has 0 bridgehead atoms. The minimum atomic E-state index is -0.277. The molecule has 0 saturated carbocycles. The van der Waals surface area contributed by atoms with Crippen LogP contribution in [0.15, 0.2) is 212 Å². The van der Waals surface area contributed by atoms with E-state index in [1.165, 1.54) is 12.1 Å². The van der Waals surface area contributed by atoms with E-state index in [2.05, 4.69) is 137 Å². The summed E-state index contributed by atoms with van der Waals surface area (Å²) in [6, 6.07) is 71.1. The van der Waals surface area contributed by atoms with Crippen LogP contribution in [0.3, 0.4) is 0 Å². The van der Waals surface area contributed by atoms with Gasteiger partial charge in [-0.05, 0) is 87.2 Å². The van der Waals surface area contributed by atoms with Gasteiger partial charge in [-0.25, -0.2) is 8.78 Å². The molecule has 0 amide bonds. The third-order valence-electron chi connectivity index (χ3n) is 11.8. The standard InChI is InChI=1S/C54H35BF2N2/c56-44-28-11-7-22-40(44)42-24-9-13-30-46(42)58-48-32-15-26-38(36-18-3-1-4-19-36)52(48)55-53-39(37-20-5-2-6-21-37)27-16-33-49(53)59(51-35-17-34-50(58)54(51)55)47-31-14-10-25-43(47)41-23-8-12-29-45(41)57/h1-35H. The van der Waals surface area contributed by atoms with Crippen LogP contribution in [0.2, 0.25) is 0 Å². The number of fused-ring (bicyclic) bond motifs is 4. The van der Waals surface area contributed by atoms with Crippen molar-refractivity contribution in [3.8, 4) is 44.5 Å². The van der Waals surface area contributed by atoms with E-state index in [1.54, 1.807) is 12.1 Å². The van der Waals surface area contributed by atoms with E-state index in [-0.39, 0.29) is 18.3 Å². The Morgan fingerprint density at radius 2 is 0.559 bits per heavy atom. The lowest BCUT2D eigenvalue weighted by Gasteiger charge is -2.46. The number of rotatable bonds is 6. The van der Waals surface area contributed by atoms with E-state index >= 15 is 8.78 Å². The third kappa shape index (κ3) is 5.54. The molecule has 9 aromatic carbocycles. The van der Waals surface area contributed by atoms with E-state index < -0.39 is 0 Å². The van der Waals surface area contributed by atoms with Gasteiger partial charge in [0, 0.05) is 45.0 Å². The molecule has 0 N–H and O–H groups in total. The van der Waals surface area contributed by atoms with Crippen molar-refractivity contribution < 1.29 is 8.78 Å². The van der Waals surface area contributed by atoms with Gasteiger partial charge < -0.3 is 9.80 Å². The van der Waals surface area contributed by atoms with Gasteiger partial charge in [0.2, 0.25) is 0 Å². The van der Waals surface area contributed by atoms with Crippen LogP contribution in [-0.2, 0) is 0 Å². The molecule has 2 aliphatic heterocycles. The number of benzene rings is 9. The van der Waals surface area contributed by atoms with Crippen molar-refractivity contribution in [2.24, 2.45) is 0 Å². The Balaban J connectivity index is 1.29. The Hall–Kier alpha value is -7.50. The zero-order valence-corrected chi connectivity index (χ0v) is 31.9. The quantitative estimate of drug-likeness (QED) is 0.156. The van der Waals surface area contributed by atoms with Crippen LogP contribution in [0.4, 0.5) is 42.9 Å². The van der Waals surface area contributed by atoms with E-state index in [0.717, 1.165) is 83.9 Å². The Bertz CT molecular complexity index is 2850. The molecule has 0 radical (unpaired) electrons. The van der Waals surface area contributed by atoms with Crippen LogP contribution in [0.25, 0.3) is 44.5 Å². The summed E-state index contributed by atoms with van der Waals surface area (Å²) < 4.78 is 31.7. The lowest BCUT2D eigenvalue weighted by Crippen LogP contribution is -2.62. The summed E-state index contributed by atoms with van der Waals surface area (Å²) in [5.41, 5.74) is 16.3. The molecular weight excluding hydrogens is 725 g/mol. The zero-order valence-electron chi connectivity index (χ0n) is 31.9. The van der Waals surface area contributed by atoms with Gasteiger partial charge in [0.1, 0.15) is 11.6 Å². The summed E-state index contributed by atoms with van der Waals surface area (Å²) in [4.78, 5) is 4.66. The second-order valence-electron chi connectivity index (χ2n) is 15.0. The van der Waals surface area contributed by atoms with Crippen molar-refractivity contribution >= 4 is 57.2 Å². The molecule has 59 heavy (non-hydrogen) atoms. The molecular formula is C54H35BF2N2. The Kier molecular flexibility index (Phi) is 8.33. The van der Waals surface area contributed by atoms with Crippen molar-refractivity contribution in [1.29, 1.82) is 0 Å². The predicted molar refractivity (Wildman–Crippen MR) is 242 cm³/mol. The molecule has 278 valence electrons. The van der Waals surface area contributed by atoms with E-state index in [9.17, 15) is 0 Å². The summed E-state index contributed by atoms with van der Waals surface area (Å²) in [6.45, 7) is -0.215. The van der Waals surface area contributed by atoms with Crippen molar-refractivity contribution in [3.05, 3.63) is 224 Å². The maximum Gasteiger partial charge on any atom is 0.253 e. The molecule has 2 aliphatic rings. The SMILES string of the molecule is Fc1ccccc1-c1ccccc1N1c2cccc(-c3ccccc3)c2B2c3c(-c4ccccc4)cccc3N(c3ccccc3-c3ccccc3F)c3cccc1c32.